The van der Waals surface area contributed by atoms with E-state index in [2.05, 4.69) is 0 Å². The van der Waals surface area contributed by atoms with Crippen LogP contribution in [0, 0.1) is 0 Å². The molecule has 5 heteroatoms. The predicted molar refractivity (Wildman–Crippen MR) is 54.3 cm³/mol. The van der Waals surface area contributed by atoms with Crippen molar-refractivity contribution < 1.29 is 13.3 Å². The smallest absolute Gasteiger partial charge is 0.376 e. The molecule has 0 heterocycles. The van der Waals surface area contributed by atoms with Crippen LogP contribution in [0.2, 0.25) is 0 Å². The minimum Gasteiger partial charge on any atom is -0.376 e. The minimum atomic E-state index is -2.60. The Morgan fingerprint density at radius 3 is 1.85 bits per heavy atom. The summed E-state index contributed by atoms with van der Waals surface area (Å²) in [6.45, 7) is 7.00. The number of rotatable bonds is 7. The van der Waals surface area contributed by atoms with Crippen LogP contribution in [0.4, 0.5) is 0 Å². The highest BCUT2D eigenvalue weighted by Gasteiger charge is 2.45. The summed E-state index contributed by atoms with van der Waals surface area (Å²) in [5.74, 6) is 0. The highest BCUT2D eigenvalue weighted by atomic mass is 28.4. The molecule has 13 heavy (non-hydrogen) atoms. The molecule has 2 N–H and O–H groups in total. The van der Waals surface area contributed by atoms with Crippen LogP contribution < -0.4 is 5.73 Å². The Labute approximate surface area is 81.7 Å². The Kier molecular flexibility index (Phi) is 6.53. The van der Waals surface area contributed by atoms with Gasteiger partial charge in [-0.15, -0.1) is 0 Å². The average Bonchev–Trinajstić information content (AvgIpc) is 2.16. The predicted octanol–water partition coefficient (Wildman–Crippen LogP) is 0.921. The third kappa shape index (κ3) is 3.36. The van der Waals surface area contributed by atoms with Crippen molar-refractivity contribution in [1.82, 2.24) is 0 Å². The van der Waals surface area contributed by atoms with E-state index in [0.29, 0.717) is 13.2 Å². The van der Waals surface area contributed by atoms with Gasteiger partial charge in [0.1, 0.15) is 0 Å². The zero-order valence-electron chi connectivity index (χ0n) is 9.00. The maximum atomic E-state index is 5.92. The lowest BCUT2D eigenvalue weighted by atomic mass is 10.5. The van der Waals surface area contributed by atoms with Crippen molar-refractivity contribution in [2.75, 3.05) is 20.3 Å². The molecule has 0 bridgehead atoms. The Bertz CT molecular complexity index is 129. The lowest BCUT2D eigenvalue weighted by Gasteiger charge is -2.31. The molecule has 0 radical (unpaired) electrons. The fourth-order valence-corrected chi connectivity index (χ4v) is 3.53. The number of hydrogen-bond acceptors (Lipinski definition) is 4. The summed E-state index contributed by atoms with van der Waals surface area (Å²) in [6.07, 6.45) is 0.806. The van der Waals surface area contributed by atoms with Crippen molar-refractivity contribution >= 4 is 8.80 Å². The van der Waals surface area contributed by atoms with Crippen LogP contribution in [0.5, 0.6) is 0 Å². The molecular formula is C8H21NO3Si. The third-order valence-electron chi connectivity index (χ3n) is 1.87. The van der Waals surface area contributed by atoms with Gasteiger partial charge in [-0.25, -0.2) is 0 Å². The minimum absolute atomic E-state index is 0.127. The topological polar surface area (TPSA) is 53.7 Å². The molecule has 1 atom stereocenters. The van der Waals surface area contributed by atoms with Crippen molar-refractivity contribution in [2.24, 2.45) is 5.73 Å². The van der Waals surface area contributed by atoms with Crippen LogP contribution in [0.3, 0.4) is 0 Å². The van der Waals surface area contributed by atoms with Gasteiger partial charge in [-0.1, -0.05) is 6.92 Å². The Hall–Kier alpha value is 0.0569. The Morgan fingerprint density at radius 2 is 1.62 bits per heavy atom. The van der Waals surface area contributed by atoms with Crippen molar-refractivity contribution in [3.8, 4) is 0 Å². The molecule has 4 nitrogen and oxygen atoms in total. The molecule has 0 aromatic rings. The first kappa shape index (κ1) is 13.1. The van der Waals surface area contributed by atoms with Crippen LogP contribution in [0.15, 0.2) is 0 Å². The van der Waals surface area contributed by atoms with Crippen LogP contribution in [-0.2, 0) is 13.3 Å². The Balaban J connectivity index is 4.42. The summed E-state index contributed by atoms with van der Waals surface area (Å²) in [6, 6.07) is 0. The number of nitrogens with two attached hydrogens (primary N) is 1. The van der Waals surface area contributed by atoms with Gasteiger partial charge in [0.25, 0.3) is 0 Å². The van der Waals surface area contributed by atoms with E-state index in [0.717, 1.165) is 6.42 Å². The maximum absolute atomic E-state index is 5.92. The molecule has 0 saturated heterocycles. The van der Waals surface area contributed by atoms with Crippen LogP contribution in [0.1, 0.15) is 27.2 Å². The van der Waals surface area contributed by atoms with Gasteiger partial charge in [0.15, 0.2) is 0 Å². The van der Waals surface area contributed by atoms with Crippen LogP contribution in [-0.4, -0.2) is 34.8 Å². The third-order valence-corrected chi connectivity index (χ3v) is 5.14. The highest BCUT2D eigenvalue weighted by molar-refractivity contribution is 6.62. The van der Waals surface area contributed by atoms with Crippen molar-refractivity contribution in [3.05, 3.63) is 0 Å². The first-order chi connectivity index (χ1) is 6.16. The van der Waals surface area contributed by atoms with Gasteiger partial charge < -0.3 is 19.0 Å². The summed E-state index contributed by atoms with van der Waals surface area (Å²) >= 11 is 0. The highest BCUT2D eigenvalue weighted by Crippen LogP contribution is 2.14. The van der Waals surface area contributed by atoms with E-state index >= 15 is 0 Å². The first-order valence-electron chi connectivity index (χ1n) is 4.75. The zero-order chi connectivity index (χ0) is 10.3. The standard InChI is InChI=1S/C8H21NO3Si/c1-5-8(9)13(10-4,11-6-2)12-7-3/h8H,5-7,9H2,1-4H3. The van der Waals surface area contributed by atoms with Crippen molar-refractivity contribution in [2.45, 2.75) is 32.9 Å². The quantitative estimate of drug-likeness (QED) is 0.631. The fraction of sp³-hybridized carbons (Fsp3) is 1.00. The van der Waals surface area contributed by atoms with Gasteiger partial charge in [-0.3, -0.25) is 0 Å². The molecule has 80 valence electrons. The fourth-order valence-electron chi connectivity index (χ4n) is 1.18. The molecule has 0 spiro atoms. The molecule has 0 aliphatic carbocycles. The summed E-state index contributed by atoms with van der Waals surface area (Å²) in [7, 11) is -0.991. The first-order valence-corrected chi connectivity index (χ1v) is 6.55. The zero-order valence-corrected chi connectivity index (χ0v) is 10.0. The van der Waals surface area contributed by atoms with Crippen LogP contribution >= 0.6 is 0 Å². The molecule has 0 amide bonds. The normalized spacial score (nSPS) is 14.5. The van der Waals surface area contributed by atoms with E-state index in [4.69, 9.17) is 19.0 Å². The molecule has 0 aromatic carbocycles. The molecular weight excluding hydrogens is 186 g/mol. The van der Waals surface area contributed by atoms with Crippen molar-refractivity contribution in [3.63, 3.8) is 0 Å². The van der Waals surface area contributed by atoms with Gasteiger partial charge in [0.2, 0.25) is 0 Å². The van der Waals surface area contributed by atoms with Crippen LogP contribution in [0.25, 0.3) is 0 Å². The summed E-state index contributed by atoms with van der Waals surface area (Å²) in [4.78, 5) is 0. The van der Waals surface area contributed by atoms with Gasteiger partial charge >= 0.3 is 8.80 Å². The molecule has 0 saturated carbocycles. The van der Waals surface area contributed by atoms with E-state index in [9.17, 15) is 0 Å². The van der Waals surface area contributed by atoms with Gasteiger partial charge in [0.05, 0.1) is 5.67 Å². The lowest BCUT2D eigenvalue weighted by molar-refractivity contribution is 0.0767. The molecule has 0 fully saturated rings. The second kappa shape index (κ2) is 6.50. The average molecular weight is 207 g/mol. The molecule has 0 rings (SSSR count). The van der Waals surface area contributed by atoms with E-state index in [1.807, 2.05) is 20.8 Å². The summed E-state index contributed by atoms with van der Waals surface area (Å²) < 4.78 is 16.4. The molecule has 0 aliphatic heterocycles. The number of hydrogen-bond donors (Lipinski definition) is 1. The molecule has 0 aromatic heterocycles. The van der Waals surface area contributed by atoms with Gasteiger partial charge in [0, 0.05) is 20.3 Å². The van der Waals surface area contributed by atoms with E-state index < -0.39 is 8.80 Å². The van der Waals surface area contributed by atoms with E-state index in [1.54, 1.807) is 7.11 Å². The van der Waals surface area contributed by atoms with E-state index in [1.165, 1.54) is 0 Å². The van der Waals surface area contributed by atoms with Gasteiger partial charge in [-0.05, 0) is 20.3 Å². The summed E-state index contributed by atoms with van der Waals surface area (Å²) in [5, 5.41) is 0. The maximum Gasteiger partial charge on any atom is 0.518 e. The van der Waals surface area contributed by atoms with Crippen molar-refractivity contribution in [1.29, 1.82) is 0 Å². The molecule has 1 unspecified atom stereocenters. The monoisotopic (exact) mass is 207 g/mol. The second-order valence-electron chi connectivity index (χ2n) is 2.69. The largest absolute Gasteiger partial charge is 0.518 e. The summed E-state index contributed by atoms with van der Waals surface area (Å²) in [5.41, 5.74) is 5.79. The Morgan fingerprint density at radius 1 is 1.15 bits per heavy atom. The lowest BCUT2D eigenvalue weighted by Crippen LogP contribution is -2.59. The molecule has 0 aliphatic rings. The van der Waals surface area contributed by atoms with Gasteiger partial charge in [-0.2, -0.15) is 0 Å². The second-order valence-corrected chi connectivity index (χ2v) is 5.62. The van der Waals surface area contributed by atoms with E-state index in [-0.39, 0.29) is 5.67 Å². The SMILES string of the molecule is CCO[Si](OC)(OCC)C(N)CC.